The van der Waals surface area contributed by atoms with E-state index in [2.05, 4.69) is 29.3 Å². The largest absolute Gasteiger partial charge is 0.463 e. The zero-order valence-corrected chi connectivity index (χ0v) is 16.6. The Balaban J connectivity index is 0.000000342. The van der Waals surface area contributed by atoms with Gasteiger partial charge in [0.15, 0.2) is 0 Å². The molecule has 0 bridgehead atoms. The SMILES string of the molecule is C1COCCN1.CCOC(=O)C1=C(C)NC(S)=C(C#N)C1c1ccsc1. The number of ether oxygens (including phenoxy) is 2. The number of nitrogens with one attached hydrogen (secondary N) is 2. The predicted octanol–water partition coefficient (Wildman–Crippen LogP) is 2.54. The number of dihydropyridines is 1. The molecule has 1 aromatic heterocycles. The van der Waals surface area contributed by atoms with Crippen molar-refractivity contribution >= 4 is 29.9 Å². The Hall–Kier alpha value is -1.79. The van der Waals surface area contributed by atoms with Gasteiger partial charge in [-0.1, -0.05) is 0 Å². The van der Waals surface area contributed by atoms with E-state index in [1.165, 1.54) is 11.3 Å². The summed E-state index contributed by atoms with van der Waals surface area (Å²) in [6, 6.07) is 4.05. The van der Waals surface area contributed by atoms with Gasteiger partial charge in [0.1, 0.15) is 0 Å². The highest BCUT2D eigenvalue weighted by molar-refractivity contribution is 7.84. The highest BCUT2D eigenvalue weighted by Crippen LogP contribution is 2.39. The molecular weight excluding hydrogens is 370 g/mol. The maximum absolute atomic E-state index is 12.2. The van der Waals surface area contributed by atoms with E-state index in [9.17, 15) is 10.1 Å². The number of nitrogens with zero attached hydrogens (tertiary/aromatic N) is 1. The molecule has 1 atom stereocenters. The van der Waals surface area contributed by atoms with E-state index in [1.54, 1.807) is 13.8 Å². The summed E-state index contributed by atoms with van der Waals surface area (Å²) in [5, 5.41) is 19.8. The van der Waals surface area contributed by atoms with Crippen LogP contribution in [0.5, 0.6) is 0 Å². The molecule has 3 rings (SSSR count). The molecule has 140 valence electrons. The Kier molecular flexibility index (Phi) is 8.19. The number of carbonyl (C=O) groups is 1. The van der Waals surface area contributed by atoms with Gasteiger partial charge in [-0.3, -0.25) is 0 Å². The van der Waals surface area contributed by atoms with Crippen molar-refractivity contribution in [1.29, 1.82) is 5.26 Å². The number of thiol groups is 1. The summed E-state index contributed by atoms with van der Waals surface area (Å²) < 4.78 is 10.1. The Morgan fingerprint density at radius 1 is 1.50 bits per heavy atom. The average molecular weight is 394 g/mol. The Labute approximate surface area is 163 Å². The molecular formula is C18H23N3O3S2. The van der Waals surface area contributed by atoms with Crippen LogP contribution in [0.4, 0.5) is 0 Å². The summed E-state index contributed by atoms with van der Waals surface area (Å²) in [6.07, 6.45) is 0. The molecule has 2 N–H and O–H groups in total. The van der Waals surface area contributed by atoms with Gasteiger partial charge >= 0.3 is 5.97 Å². The summed E-state index contributed by atoms with van der Waals surface area (Å²) in [6.45, 7) is 7.68. The second-order valence-corrected chi connectivity index (χ2v) is 6.84. The molecule has 0 amide bonds. The molecule has 1 aromatic rings. The van der Waals surface area contributed by atoms with Crippen molar-refractivity contribution < 1.29 is 14.3 Å². The molecule has 3 heterocycles. The minimum atomic E-state index is -0.418. The van der Waals surface area contributed by atoms with Crippen molar-refractivity contribution in [3.05, 3.63) is 44.3 Å². The first-order valence-electron chi connectivity index (χ1n) is 8.38. The van der Waals surface area contributed by atoms with Gasteiger partial charge < -0.3 is 20.1 Å². The van der Waals surface area contributed by atoms with Crippen molar-refractivity contribution in [1.82, 2.24) is 10.6 Å². The summed E-state index contributed by atoms with van der Waals surface area (Å²) in [5.41, 5.74) is 2.48. The number of carbonyl (C=O) groups excluding carboxylic acids is 1. The molecule has 2 aliphatic heterocycles. The van der Waals surface area contributed by atoms with Crippen molar-refractivity contribution in [2.24, 2.45) is 0 Å². The monoisotopic (exact) mass is 393 g/mol. The zero-order chi connectivity index (χ0) is 18.9. The van der Waals surface area contributed by atoms with Crippen LogP contribution >= 0.6 is 24.0 Å². The fraction of sp³-hybridized carbons (Fsp3) is 0.444. The summed E-state index contributed by atoms with van der Waals surface area (Å²) in [7, 11) is 0. The molecule has 0 radical (unpaired) electrons. The number of hydrogen-bond donors (Lipinski definition) is 3. The fourth-order valence-corrected chi connectivity index (χ4v) is 3.73. The summed E-state index contributed by atoms with van der Waals surface area (Å²) in [4.78, 5) is 12.2. The van der Waals surface area contributed by atoms with E-state index in [0.29, 0.717) is 28.5 Å². The first kappa shape index (κ1) is 20.5. The quantitative estimate of drug-likeness (QED) is 0.541. The number of hydrogen-bond acceptors (Lipinski definition) is 8. The van der Waals surface area contributed by atoms with Crippen molar-refractivity contribution in [2.75, 3.05) is 32.9 Å². The maximum atomic E-state index is 12.2. The van der Waals surface area contributed by atoms with E-state index < -0.39 is 11.9 Å². The topological polar surface area (TPSA) is 83.4 Å². The lowest BCUT2D eigenvalue weighted by molar-refractivity contribution is -0.138. The van der Waals surface area contributed by atoms with Crippen LogP contribution in [-0.4, -0.2) is 38.9 Å². The van der Waals surface area contributed by atoms with Crippen molar-refractivity contribution in [3.8, 4) is 6.07 Å². The molecule has 0 spiro atoms. The van der Waals surface area contributed by atoms with Gasteiger partial charge in [0.05, 0.1) is 48.0 Å². The highest BCUT2D eigenvalue weighted by Gasteiger charge is 2.34. The molecule has 0 aromatic carbocycles. The number of morpholine rings is 1. The second kappa shape index (κ2) is 10.4. The smallest absolute Gasteiger partial charge is 0.336 e. The third-order valence-electron chi connectivity index (χ3n) is 3.88. The third kappa shape index (κ3) is 5.11. The average Bonchev–Trinajstić information content (AvgIpc) is 3.17. The molecule has 26 heavy (non-hydrogen) atoms. The maximum Gasteiger partial charge on any atom is 0.336 e. The zero-order valence-electron chi connectivity index (χ0n) is 14.9. The van der Waals surface area contributed by atoms with Gasteiger partial charge in [-0.05, 0) is 36.2 Å². The minimum Gasteiger partial charge on any atom is -0.463 e. The molecule has 2 aliphatic rings. The van der Waals surface area contributed by atoms with Crippen LogP contribution in [0.15, 0.2) is 38.7 Å². The van der Waals surface area contributed by atoms with E-state index in [1.807, 2.05) is 16.8 Å². The first-order valence-corrected chi connectivity index (χ1v) is 9.77. The van der Waals surface area contributed by atoms with E-state index in [-0.39, 0.29) is 0 Å². The minimum absolute atomic E-state index is 0.297. The van der Waals surface area contributed by atoms with Gasteiger partial charge in [-0.25, -0.2) is 4.79 Å². The second-order valence-electron chi connectivity index (χ2n) is 5.61. The van der Waals surface area contributed by atoms with Gasteiger partial charge in [-0.15, -0.1) is 12.6 Å². The lowest BCUT2D eigenvalue weighted by Gasteiger charge is -2.27. The molecule has 1 fully saturated rings. The molecule has 0 aliphatic carbocycles. The molecule has 6 nitrogen and oxygen atoms in total. The lowest BCUT2D eigenvalue weighted by atomic mass is 9.84. The highest BCUT2D eigenvalue weighted by atomic mass is 32.1. The summed E-state index contributed by atoms with van der Waals surface area (Å²) >= 11 is 5.83. The fourth-order valence-electron chi connectivity index (χ4n) is 2.70. The van der Waals surface area contributed by atoms with Crippen LogP contribution < -0.4 is 10.6 Å². The number of nitriles is 1. The van der Waals surface area contributed by atoms with Crippen molar-refractivity contribution in [3.63, 3.8) is 0 Å². The van der Waals surface area contributed by atoms with E-state index in [0.717, 1.165) is 31.9 Å². The Morgan fingerprint density at radius 2 is 2.23 bits per heavy atom. The van der Waals surface area contributed by atoms with Gasteiger partial charge in [0.25, 0.3) is 0 Å². The van der Waals surface area contributed by atoms with Gasteiger partial charge in [0, 0.05) is 18.8 Å². The van der Waals surface area contributed by atoms with Crippen LogP contribution in [0.1, 0.15) is 25.3 Å². The Bertz CT molecular complexity index is 705. The summed E-state index contributed by atoms with van der Waals surface area (Å²) in [5.74, 6) is -0.818. The van der Waals surface area contributed by atoms with Crippen LogP contribution in [-0.2, 0) is 14.3 Å². The molecule has 1 saturated heterocycles. The standard InChI is InChI=1S/C14H14N2O2S2.C4H9NO/c1-3-18-14(17)11-8(2)16-13(19)10(6-15)12(11)9-4-5-20-7-9;1-3-6-4-2-5-1/h4-5,7,12,16,19H,3H2,1-2H3;5H,1-4H2. The lowest BCUT2D eigenvalue weighted by Crippen LogP contribution is -2.30. The number of thiophene rings is 1. The van der Waals surface area contributed by atoms with Crippen LogP contribution in [0.2, 0.25) is 0 Å². The van der Waals surface area contributed by atoms with Crippen LogP contribution in [0.3, 0.4) is 0 Å². The number of rotatable bonds is 3. The number of allylic oxidation sites excluding steroid dienone is 2. The van der Waals surface area contributed by atoms with Crippen LogP contribution in [0, 0.1) is 11.3 Å². The van der Waals surface area contributed by atoms with E-state index in [4.69, 9.17) is 9.47 Å². The first-order chi connectivity index (χ1) is 12.6. The van der Waals surface area contributed by atoms with Gasteiger partial charge in [-0.2, -0.15) is 16.6 Å². The van der Waals surface area contributed by atoms with E-state index >= 15 is 0 Å². The Morgan fingerprint density at radius 3 is 2.69 bits per heavy atom. The van der Waals surface area contributed by atoms with Crippen LogP contribution in [0.25, 0.3) is 0 Å². The molecule has 8 heteroatoms. The van der Waals surface area contributed by atoms with Gasteiger partial charge in [0.2, 0.25) is 0 Å². The molecule has 0 saturated carbocycles. The number of esters is 1. The van der Waals surface area contributed by atoms with Crippen molar-refractivity contribution in [2.45, 2.75) is 19.8 Å². The molecule has 1 unspecified atom stereocenters. The normalized spacial score (nSPS) is 19.8. The third-order valence-corrected chi connectivity index (χ3v) is 4.94. The predicted molar refractivity (Wildman–Crippen MR) is 105 cm³/mol.